The van der Waals surface area contributed by atoms with Gasteiger partial charge in [0.15, 0.2) is 11.5 Å². The van der Waals surface area contributed by atoms with E-state index in [2.05, 4.69) is 15.0 Å². The summed E-state index contributed by atoms with van der Waals surface area (Å²) >= 11 is 6.10. The van der Waals surface area contributed by atoms with E-state index in [0.717, 1.165) is 18.7 Å². The number of amides is 1. The van der Waals surface area contributed by atoms with E-state index in [9.17, 15) is 13.6 Å². The molecule has 1 atom stereocenters. The first-order valence-corrected chi connectivity index (χ1v) is 9.31. The van der Waals surface area contributed by atoms with Crippen molar-refractivity contribution in [2.45, 2.75) is 19.1 Å². The van der Waals surface area contributed by atoms with Gasteiger partial charge in [0.05, 0.1) is 19.9 Å². The third-order valence-corrected chi connectivity index (χ3v) is 4.88. The molecule has 0 spiro atoms. The molecular weight excluding hydrogens is 406 g/mol. The van der Waals surface area contributed by atoms with Crippen LogP contribution < -0.4 is 24.4 Å². The molecule has 2 aromatic rings. The van der Waals surface area contributed by atoms with Crippen LogP contribution >= 0.6 is 11.6 Å². The molecular formula is C20H21ClF2N2O4. The number of anilines is 1. The lowest BCUT2D eigenvalue weighted by molar-refractivity contribution is -0.0512. The summed E-state index contributed by atoms with van der Waals surface area (Å²) < 4.78 is 39.7. The number of nitrogens with zero attached hydrogens (tertiary/aromatic N) is 1. The van der Waals surface area contributed by atoms with Gasteiger partial charge in [-0.3, -0.25) is 4.79 Å². The first kappa shape index (κ1) is 21.0. The highest BCUT2D eigenvalue weighted by molar-refractivity contribution is 6.30. The number of alkyl halides is 2. The lowest BCUT2D eigenvalue weighted by Crippen LogP contribution is -2.37. The van der Waals surface area contributed by atoms with Gasteiger partial charge in [0.1, 0.15) is 5.75 Å². The first-order valence-electron chi connectivity index (χ1n) is 8.93. The van der Waals surface area contributed by atoms with Crippen molar-refractivity contribution in [3.05, 3.63) is 47.0 Å². The van der Waals surface area contributed by atoms with E-state index in [1.54, 1.807) is 19.2 Å². The monoisotopic (exact) mass is 426 g/mol. The molecule has 2 aromatic carbocycles. The summed E-state index contributed by atoms with van der Waals surface area (Å²) in [5, 5.41) is 3.56. The van der Waals surface area contributed by atoms with Crippen molar-refractivity contribution in [2.75, 3.05) is 32.2 Å². The smallest absolute Gasteiger partial charge is 0.387 e. The maximum atomic E-state index is 12.6. The van der Waals surface area contributed by atoms with Crippen LogP contribution in [-0.4, -0.2) is 45.9 Å². The molecule has 9 heteroatoms. The number of carbonyl (C=O) groups is 1. The number of carbonyl (C=O) groups excluding carboxylic acids is 1. The van der Waals surface area contributed by atoms with Gasteiger partial charge < -0.3 is 24.4 Å². The zero-order valence-electron chi connectivity index (χ0n) is 16.0. The molecule has 1 N–H and O–H groups in total. The maximum Gasteiger partial charge on any atom is 0.387 e. The third kappa shape index (κ3) is 5.00. The Morgan fingerprint density at radius 3 is 2.55 bits per heavy atom. The number of rotatable bonds is 7. The van der Waals surface area contributed by atoms with Gasteiger partial charge in [-0.05, 0) is 42.8 Å². The molecule has 0 aliphatic carbocycles. The molecule has 1 saturated heterocycles. The Labute approximate surface area is 172 Å². The Balaban J connectivity index is 1.67. The van der Waals surface area contributed by atoms with Crippen molar-refractivity contribution in [2.24, 2.45) is 0 Å². The van der Waals surface area contributed by atoms with Crippen LogP contribution in [0.4, 0.5) is 14.5 Å². The highest BCUT2D eigenvalue weighted by Gasteiger charge is 2.27. The van der Waals surface area contributed by atoms with E-state index < -0.39 is 6.61 Å². The maximum absolute atomic E-state index is 12.6. The normalized spacial score (nSPS) is 16.1. The van der Waals surface area contributed by atoms with E-state index in [4.69, 9.17) is 21.1 Å². The van der Waals surface area contributed by atoms with Crippen molar-refractivity contribution in [1.82, 2.24) is 5.32 Å². The van der Waals surface area contributed by atoms with Crippen LogP contribution in [0.5, 0.6) is 17.2 Å². The Morgan fingerprint density at radius 2 is 1.86 bits per heavy atom. The second-order valence-electron chi connectivity index (χ2n) is 6.47. The topological polar surface area (TPSA) is 60.0 Å². The fourth-order valence-electron chi connectivity index (χ4n) is 3.28. The summed E-state index contributed by atoms with van der Waals surface area (Å²) in [7, 11) is 2.92. The largest absolute Gasteiger partial charge is 0.495 e. The van der Waals surface area contributed by atoms with Crippen LogP contribution in [0.1, 0.15) is 16.8 Å². The van der Waals surface area contributed by atoms with E-state index in [1.807, 2.05) is 6.07 Å². The fraction of sp³-hybridized carbons (Fsp3) is 0.350. The number of hydrogen-bond donors (Lipinski definition) is 1. The molecule has 3 rings (SSSR count). The standard InChI is InChI=1S/C20H21ClF2N2O4/c1-27-16-6-4-13(21)10-15(16)25-8-7-14(11-25)24-19(26)12-3-5-17(29-20(22)23)18(9-12)28-2/h3-6,9-10,14,20H,7-8,11H2,1-2H3,(H,24,26). The average molecular weight is 427 g/mol. The Kier molecular flexibility index (Phi) is 6.64. The predicted molar refractivity (Wildman–Crippen MR) is 106 cm³/mol. The number of hydrogen-bond acceptors (Lipinski definition) is 5. The zero-order chi connectivity index (χ0) is 21.0. The van der Waals surface area contributed by atoms with Gasteiger partial charge in [-0.25, -0.2) is 0 Å². The highest BCUT2D eigenvalue weighted by atomic mass is 35.5. The molecule has 1 heterocycles. The molecule has 1 unspecified atom stereocenters. The number of benzene rings is 2. The van der Waals surface area contributed by atoms with Crippen molar-refractivity contribution in [1.29, 1.82) is 0 Å². The second kappa shape index (κ2) is 9.17. The van der Waals surface area contributed by atoms with Gasteiger partial charge in [-0.1, -0.05) is 11.6 Å². The van der Waals surface area contributed by atoms with Gasteiger partial charge in [-0.15, -0.1) is 0 Å². The molecule has 1 fully saturated rings. The van der Waals surface area contributed by atoms with Crippen LogP contribution in [0.2, 0.25) is 5.02 Å². The lowest BCUT2D eigenvalue weighted by Gasteiger charge is -2.22. The molecule has 1 amide bonds. The van der Waals surface area contributed by atoms with Crippen molar-refractivity contribution in [3.63, 3.8) is 0 Å². The highest BCUT2D eigenvalue weighted by Crippen LogP contribution is 2.33. The zero-order valence-corrected chi connectivity index (χ0v) is 16.7. The number of halogens is 3. The minimum Gasteiger partial charge on any atom is -0.495 e. The summed E-state index contributed by atoms with van der Waals surface area (Å²) in [6.07, 6.45) is 0.741. The number of methoxy groups -OCH3 is 2. The van der Waals surface area contributed by atoms with E-state index in [1.165, 1.54) is 25.3 Å². The van der Waals surface area contributed by atoms with Crippen molar-refractivity contribution < 1.29 is 27.8 Å². The number of ether oxygens (including phenoxy) is 3. The molecule has 29 heavy (non-hydrogen) atoms. The first-order chi connectivity index (χ1) is 13.9. The van der Waals surface area contributed by atoms with Gasteiger partial charge in [0.2, 0.25) is 0 Å². The summed E-state index contributed by atoms with van der Waals surface area (Å²) in [5.41, 5.74) is 1.16. The molecule has 156 valence electrons. The van der Waals surface area contributed by atoms with Crippen LogP contribution in [0, 0.1) is 0 Å². The second-order valence-corrected chi connectivity index (χ2v) is 6.90. The SMILES string of the molecule is COc1cc(C(=O)NC2CCN(c3cc(Cl)ccc3OC)C2)ccc1OC(F)F. The van der Waals surface area contributed by atoms with Crippen molar-refractivity contribution in [3.8, 4) is 17.2 Å². The minimum atomic E-state index is -2.98. The third-order valence-electron chi connectivity index (χ3n) is 4.65. The quantitative estimate of drug-likeness (QED) is 0.726. The Morgan fingerprint density at radius 1 is 1.14 bits per heavy atom. The molecule has 0 aromatic heterocycles. The molecule has 0 radical (unpaired) electrons. The van der Waals surface area contributed by atoms with E-state index in [-0.39, 0.29) is 23.4 Å². The van der Waals surface area contributed by atoms with Crippen LogP contribution in [0.25, 0.3) is 0 Å². The summed E-state index contributed by atoms with van der Waals surface area (Å²) in [6, 6.07) is 9.39. The van der Waals surface area contributed by atoms with Crippen LogP contribution in [-0.2, 0) is 0 Å². The van der Waals surface area contributed by atoms with E-state index >= 15 is 0 Å². The lowest BCUT2D eigenvalue weighted by atomic mass is 10.1. The summed E-state index contributed by atoms with van der Waals surface area (Å²) in [4.78, 5) is 14.7. The molecule has 1 aliphatic rings. The van der Waals surface area contributed by atoms with E-state index in [0.29, 0.717) is 22.9 Å². The Hall–Kier alpha value is -2.74. The molecule has 0 bridgehead atoms. The van der Waals surface area contributed by atoms with Gasteiger partial charge >= 0.3 is 6.61 Å². The molecule has 6 nitrogen and oxygen atoms in total. The average Bonchev–Trinajstić information content (AvgIpc) is 3.16. The fourth-order valence-corrected chi connectivity index (χ4v) is 3.44. The molecule has 0 saturated carbocycles. The Bertz CT molecular complexity index is 882. The van der Waals surface area contributed by atoms with Crippen LogP contribution in [0.15, 0.2) is 36.4 Å². The van der Waals surface area contributed by atoms with Gasteiger partial charge in [0.25, 0.3) is 5.91 Å². The van der Waals surface area contributed by atoms with Gasteiger partial charge in [0, 0.05) is 29.7 Å². The van der Waals surface area contributed by atoms with Gasteiger partial charge in [-0.2, -0.15) is 8.78 Å². The van der Waals surface area contributed by atoms with Crippen LogP contribution in [0.3, 0.4) is 0 Å². The molecule has 1 aliphatic heterocycles. The van der Waals surface area contributed by atoms with Crippen molar-refractivity contribution >= 4 is 23.2 Å². The minimum absolute atomic E-state index is 0.0645. The number of nitrogens with one attached hydrogen (secondary N) is 1. The predicted octanol–water partition coefficient (Wildman–Crippen LogP) is 3.97. The summed E-state index contributed by atoms with van der Waals surface area (Å²) in [6.45, 7) is -1.66. The summed E-state index contributed by atoms with van der Waals surface area (Å²) in [5.74, 6) is 0.325.